The van der Waals surface area contributed by atoms with Gasteiger partial charge in [-0.05, 0) is 38.2 Å². The average molecular weight is 239 g/mol. The molecule has 96 valence electrons. The quantitative estimate of drug-likeness (QED) is 0.786. The van der Waals surface area contributed by atoms with Crippen molar-refractivity contribution in [1.29, 1.82) is 0 Å². The smallest absolute Gasteiger partial charge is 0.126 e. The highest BCUT2D eigenvalue weighted by atomic mass is 19.1. The fourth-order valence-electron chi connectivity index (χ4n) is 1.68. The van der Waals surface area contributed by atoms with Gasteiger partial charge in [-0.25, -0.2) is 4.39 Å². The van der Waals surface area contributed by atoms with Gasteiger partial charge in [0.2, 0.25) is 0 Å². The normalized spacial score (nSPS) is 13.1. The highest BCUT2D eigenvalue weighted by Gasteiger charge is 2.10. The van der Waals surface area contributed by atoms with Crippen molar-refractivity contribution in [3.63, 3.8) is 0 Å². The fourth-order valence-corrected chi connectivity index (χ4v) is 1.68. The van der Waals surface area contributed by atoms with E-state index in [0.29, 0.717) is 12.1 Å². The lowest BCUT2D eigenvalue weighted by atomic mass is 10.0. The summed E-state index contributed by atoms with van der Waals surface area (Å²) in [7, 11) is 4.06. The van der Waals surface area contributed by atoms with Gasteiger partial charge in [0, 0.05) is 25.7 Å². The van der Waals surface area contributed by atoms with Gasteiger partial charge in [0.25, 0.3) is 0 Å². The third-order valence-electron chi connectivity index (χ3n) is 2.77. The van der Waals surface area contributed by atoms with Gasteiger partial charge in [-0.2, -0.15) is 0 Å². The minimum atomic E-state index is -0.169. The number of nitrogens with zero attached hydrogens (tertiary/aromatic N) is 1. The Morgan fingerprint density at radius 2 is 2.12 bits per heavy atom. The molecule has 0 saturated carbocycles. The summed E-state index contributed by atoms with van der Waals surface area (Å²) in [5, 5.41) is 3.37. The highest BCUT2D eigenvalue weighted by molar-refractivity contribution is 5.26. The van der Waals surface area contributed by atoms with Crippen molar-refractivity contribution < 1.29 is 4.39 Å². The molecule has 0 bridgehead atoms. The number of halogens is 1. The molecule has 0 radical (unpaired) electrons. The largest absolute Gasteiger partial charge is 0.329 e. The standard InChI is InChI=1S/C13H22FN3/c1-10-8-11(4-5-12(10)14)13(9-15)16-6-7-17(2)3/h4-5,8,13,16H,6-7,9,15H2,1-3H3. The van der Waals surface area contributed by atoms with Crippen LogP contribution < -0.4 is 11.1 Å². The van der Waals surface area contributed by atoms with Gasteiger partial charge in [-0.3, -0.25) is 0 Å². The van der Waals surface area contributed by atoms with Crippen LogP contribution in [0, 0.1) is 12.7 Å². The molecule has 1 unspecified atom stereocenters. The van der Waals surface area contributed by atoms with Crippen molar-refractivity contribution >= 4 is 0 Å². The molecular formula is C13H22FN3. The number of likely N-dealkylation sites (N-methyl/N-ethyl adjacent to an activating group) is 1. The van der Waals surface area contributed by atoms with E-state index in [1.807, 2.05) is 20.2 Å². The lowest BCUT2D eigenvalue weighted by Crippen LogP contribution is -2.33. The van der Waals surface area contributed by atoms with Crippen LogP contribution in [0.3, 0.4) is 0 Å². The van der Waals surface area contributed by atoms with Crippen molar-refractivity contribution in [3.8, 4) is 0 Å². The zero-order chi connectivity index (χ0) is 12.8. The third kappa shape index (κ3) is 4.42. The predicted octanol–water partition coefficient (Wildman–Crippen LogP) is 1.29. The lowest BCUT2D eigenvalue weighted by molar-refractivity contribution is 0.385. The summed E-state index contributed by atoms with van der Waals surface area (Å²) in [5.41, 5.74) is 7.45. The molecule has 0 aromatic heterocycles. The SMILES string of the molecule is Cc1cc(C(CN)NCCN(C)C)ccc1F. The van der Waals surface area contributed by atoms with Gasteiger partial charge in [0.1, 0.15) is 5.82 Å². The summed E-state index contributed by atoms with van der Waals surface area (Å²) in [5.74, 6) is -0.169. The number of aryl methyl sites for hydroxylation is 1. The Kier molecular flexibility index (Phi) is 5.55. The van der Waals surface area contributed by atoms with Crippen molar-refractivity contribution in [2.45, 2.75) is 13.0 Å². The van der Waals surface area contributed by atoms with E-state index in [2.05, 4.69) is 10.2 Å². The molecule has 4 heteroatoms. The second kappa shape index (κ2) is 6.69. The van der Waals surface area contributed by atoms with Gasteiger partial charge in [-0.1, -0.05) is 12.1 Å². The molecule has 0 heterocycles. The maximum atomic E-state index is 13.2. The summed E-state index contributed by atoms with van der Waals surface area (Å²) in [6.45, 7) is 4.10. The molecule has 1 aromatic carbocycles. The van der Waals surface area contributed by atoms with Gasteiger partial charge < -0.3 is 16.0 Å². The van der Waals surface area contributed by atoms with Crippen LogP contribution in [-0.4, -0.2) is 38.6 Å². The van der Waals surface area contributed by atoms with Crippen LogP contribution in [0.2, 0.25) is 0 Å². The lowest BCUT2D eigenvalue weighted by Gasteiger charge is -2.19. The zero-order valence-corrected chi connectivity index (χ0v) is 10.8. The molecule has 0 saturated heterocycles. The number of hydrogen-bond donors (Lipinski definition) is 2. The summed E-state index contributed by atoms with van der Waals surface area (Å²) in [6.07, 6.45) is 0. The summed E-state index contributed by atoms with van der Waals surface area (Å²) in [6, 6.07) is 5.24. The Bertz CT molecular complexity index is 353. The van der Waals surface area contributed by atoms with Crippen molar-refractivity contribution in [2.75, 3.05) is 33.7 Å². The van der Waals surface area contributed by atoms with Crippen LogP contribution >= 0.6 is 0 Å². The molecule has 0 spiro atoms. The van der Waals surface area contributed by atoms with E-state index in [1.54, 1.807) is 13.0 Å². The summed E-state index contributed by atoms with van der Waals surface area (Å²) < 4.78 is 13.2. The van der Waals surface area contributed by atoms with Gasteiger partial charge >= 0.3 is 0 Å². The first kappa shape index (κ1) is 14.1. The zero-order valence-electron chi connectivity index (χ0n) is 10.8. The summed E-state index contributed by atoms with van der Waals surface area (Å²) >= 11 is 0. The average Bonchev–Trinajstić information content (AvgIpc) is 2.28. The molecule has 1 aromatic rings. The molecule has 1 atom stereocenters. The molecule has 3 N–H and O–H groups in total. The minimum absolute atomic E-state index is 0.0919. The molecule has 0 amide bonds. The van der Waals surface area contributed by atoms with Gasteiger partial charge in [-0.15, -0.1) is 0 Å². The first-order valence-corrected chi connectivity index (χ1v) is 5.89. The second-order valence-electron chi connectivity index (χ2n) is 4.55. The summed E-state index contributed by atoms with van der Waals surface area (Å²) in [4.78, 5) is 2.11. The Labute approximate surface area is 103 Å². The monoisotopic (exact) mass is 239 g/mol. The van der Waals surface area contributed by atoms with Crippen LogP contribution in [0.15, 0.2) is 18.2 Å². The van der Waals surface area contributed by atoms with Crippen LogP contribution in [0.4, 0.5) is 4.39 Å². The van der Waals surface area contributed by atoms with E-state index >= 15 is 0 Å². The Morgan fingerprint density at radius 1 is 1.41 bits per heavy atom. The molecule has 0 aliphatic rings. The number of rotatable bonds is 6. The van der Waals surface area contributed by atoms with Crippen LogP contribution in [-0.2, 0) is 0 Å². The Hall–Kier alpha value is -0.970. The molecule has 17 heavy (non-hydrogen) atoms. The second-order valence-corrected chi connectivity index (χ2v) is 4.55. The number of benzene rings is 1. The van der Waals surface area contributed by atoms with Gasteiger partial charge in [0.05, 0.1) is 0 Å². The molecule has 0 aliphatic heterocycles. The van der Waals surface area contributed by atoms with Crippen molar-refractivity contribution in [1.82, 2.24) is 10.2 Å². The Balaban J connectivity index is 2.62. The van der Waals surface area contributed by atoms with Crippen LogP contribution in [0.1, 0.15) is 17.2 Å². The van der Waals surface area contributed by atoms with E-state index in [9.17, 15) is 4.39 Å². The van der Waals surface area contributed by atoms with Crippen molar-refractivity contribution in [2.24, 2.45) is 5.73 Å². The van der Waals surface area contributed by atoms with Gasteiger partial charge in [0.15, 0.2) is 0 Å². The van der Waals surface area contributed by atoms with E-state index < -0.39 is 0 Å². The molecule has 0 fully saturated rings. The minimum Gasteiger partial charge on any atom is -0.329 e. The first-order chi connectivity index (χ1) is 8.04. The van der Waals surface area contributed by atoms with E-state index in [4.69, 9.17) is 5.73 Å². The maximum Gasteiger partial charge on any atom is 0.126 e. The molecular weight excluding hydrogens is 217 g/mol. The highest BCUT2D eigenvalue weighted by Crippen LogP contribution is 2.15. The molecule has 0 aliphatic carbocycles. The van der Waals surface area contributed by atoms with Crippen LogP contribution in [0.5, 0.6) is 0 Å². The molecule has 1 rings (SSSR count). The Morgan fingerprint density at radius 3 is 2.65 bits per heavy atom. The van der Waals surface area contributed by atoms with E-state index in [1.165, 1.54) is 6.07 Å². The third-order valence-corrected chi connectivity index (χ3v) is 2.77. The predicted molar refractivity (Wildman–Crippen MR) is 69.5 cm³/mol. The molecule has 3 nitrogen and oxygen atoms in total. The number of nitrogens with two attached hydrogens (primary N) is 1. The fraction of sp³-hybridized carbons (Fsp3) is 0.538. The number of hydrogen-bond acceptors (Lipinski definition) is 3. The van der Waals surface area contributed by atoms with E-state index in [0.717, 1.165) is 18.7 Å². The van der Waals surface area contributed by atoms with E-state index in [-0.39, 0.29) is 11.9 Å². The van der Waals surface area contributed by atoms with Crippen molar-refractivity contribution in [3.05, 3.63) is 35.1 Å². The van der Waals surface area contributed by atoms with Crippen LogP contribution in [0.25, 0.3) is 0 Å². The first-order valence-electron chi connectivity index (χ1n) is 5.89. The topological polar surface area (TPSA) is 41.3 Å². The maximum absolute atomic E-state index is 13.2. The number of nitrogens with one attached hydrogen (secondary N) is 1.